The minimum atomic E-state index is -0.285. The molecule has 0 bridgehead atoms. The molecule has 1 atom stereocenters. The molecule has 0 aromatic carbocycles. The van der Waals surface area contributed by atoms with E-state index in [1.54, 1.807) is 18.6 Å². The normalized spacial score (nSPS) is 17.6. The molecular formula is C16H17N3O2. The van der Waals surface area contributed by atoms with Gasteiger partial charge in [0.25, 0.3) is 0 Å². The van der Waals surface area contributed by atoms with Crippen LogP contribution in [0.2, 0.25) is 0 Å². The summed E-state index contributed by atoms with van der Waals surface area (Å²) in [4.78, 5) is 20.3. The molecule has 0 radical (unpaired) electrons. The lowest BCUT2D eigenvalue weighted by atomic mass is 10.1. The van der Waals surface area contributed by atoms with Crippen molar-refractivity contribution >= 4 is 5.91 Å². The number of hydrogen-bond donors (Lipinski definition) is 1. The number of amides is 1. The van der Waals surface area contributed by atoms with Crippen molar-refractivity contribution < 1.29 is 9.53 Å². The predicted octanol–water partition coefficient (Wildman–Crippen LogP) is 1.94. The fourth-order valence-electron chi connectivity index (χ4n) is 2.30. The van der Waals surface area contributed by atoms with Gasteiger partial charge in [-0.1, -0.05) is 6.07 Å². The van der Waals surface area contributed by atoms with Crippen LogP contribution in [0.5, 0.6) is 0 Å². The number of pyridine rings is 2. The fourth-order valence-corrected chi connectivity index (χ4v) is 2.30. The van der Waals surface area contributed by atoms with E-state index in [1.807, 2.05) is 24.3 Å². The third-order valence-electron chi connectivity index (χ3n) is 3.47. The first-order valence-electron chi connectivity index (χ1n) is 7.07. The summed E-state index contributed by atoms with van der Waals surface area (Å²) >= 11 is 0. The number of carbonyl (C=O) groups is 1. The van der Waals surface area contributed by atoms with Crippen LogP contribution < -0.4 is 5.32 Å². The number of hydrogen-bond acceptors (Lipinski definition) is 4. The van der Waals surface area contributed by atoms with Crippen molar-refractivity contribution in [2.24, 2.45) is 0 Å². The molecule has 2 aromatic heterocycles. The van der Waals surface area contributed by atoms with E-state index < -0.39 is 0 Å². The molecule has 0 spiro atoms. The zero-order chi connectivity index (χ0) is 14.5. The zero-order valence-corrected chi connectivity index (χ0v) is 11.7. The second kappa shape index (κ2) is 6.45. The number of carbonyl (C=O) groups excluding carboxylic acids is 1. The molecule has 1 aliphatic rings. The van der Waals surface area contributed by atoms with Crippen LogP contribution in [0.15, 0.2) is 42.9 Å². The van der Waals surface area contributed by atoms with Gasteiger partial charge in [-0.2, -0.15) is 0 Å². The van der Waals surface area contributed by atoms with Gasteiger partial charge in [-0.05, 0) is 36.6 Å². The van der Waals surface area contributed by atoms with Gasteiger partial charge in [-0.15, -0.1) is 0 Å². The number of ether oxygens (including phenoxy) is 1. The van der Waals surface area contributed by atoms with E-state index in [-0.39, 0.29) is 12.0 Å². The molecule has 1 saturated heterocycles. The number of nitrogens with zero attached hydrogens (tertiary/aromatic N) is 2. The van der Waals surface area contributed by atoms with Gasteiger partial charge in [0.1, 0.15) is 6.10 Å². The summed E-state index contributed by atoms with van der Waals surface area (Å²) in [6, 6.07) is 7.75. The zero-order valence-electron chi connectivity index (χ0n) is 11.7. The lowest BCUT2D eigenvalue weighted by Crippen LogP contribution is -2.33. The van der Waals surface area contributed by atoms with Crippen molar-refractivity contribution in [3.05, 3.63) is 48.4 Å². The molecule has 3 rings (SSSR count). The first-order chi connectivity index (χ1) is 10.3. The Labute approximate surface area is 123 Å². The first kappa shape index (κ1) is 13.7. The summed E-state index contributed by atoms with van der Waals surface area (Å²) < 4.78 is 5.35. The summed E-state index contributed by atoms with van der Waals surface area (Å²) in [7, 11) is 0. The molecule has 21 heavy (non-hydrogen) atoms. The summed E-state index contributed by atoms with van der Waals surface area (Å²) in [5.74, 6) is -0.0381. The molecular weight excluding hydrogens is 266 g/mol. The van der Waals surface area contributed by atoms with Crippen molar-refractivity contribution in [2.75, 3.05) is 6.61 Å². The molecule has 1 amide bonds. The van der Waals surface area contributed by atoms with E-state index in [4.69, 9.17) is 4.74 Å². The van der Waals surface area contributed by atoms with E-state index in [0.29, 0.717) is 13.2 Å². The second-order valence-electron chi connectivity index (χ2n) is 5.01. The standard InChI is InChI=1S/C16H17N3O2/c20-16(15-4-2-8-21-15)19-10-12-5-6-14(18-9-12)13-3-1-7-17-11-13/h1,3,5-7,9,11,15H,2,4,8,10H2,(H,19,20). The number of rotatable bonds is 4. The van der Waals surface area contributed by atoms with Crippen LogP contribution in [0.4, 0.5) is 0 Å². The minimum Gasteiger partial charge on any atom is -0.368 e. The average molecular weight is 283 g/mol. The van der Waals surface area contributed by atoms with E-state index in [0.717, 1.165) is 29.7 Å². The number of aromatic nitrogens is 2. The smallest absolute Gasteiger partial charge is 0.249 e. The molecule has 108 valence electrons. The minimum absolute atomic E-state index is 0.0381. The maximum Gasteiger partial charge on any atom is 0.249 e. The van der Waals surface area contributed by atoms with Crippen LogP contribution in [0.1, 0.15) is 18.4 Å². The van der Waals surface area contributed by atoms with Crippen molar-refractivity contribution in [1.29, 1.82) is 0 Å². The van der Waals surface area contributed by atoms with Crippen LogP contribution in [0.25, 0.3) is 11.3 Å². The largest absolute Gasteiger partial charge is 0.368 e. The van der Waals surface area contributed by atoms with Crippen molar-refractivity contribution in [1.82, 2.24) is 15.3 Å². The van der Waals surface area contributed by atoms with Crippen molar-refractivity contribution in [3.8, 4) is 11.3 Å². The molecule has 1 aliphatic heterocycles. The Kier molecular flexibility index (Phi) is 4.21. The summed E-state index contributed by atoms with van der Waals surface area (Å²) in [5, 5.41) is 2.88. The van der Waals surface area contributed by atoms with Crippen molar-refractivity contribution in [3.63, 3.8) is 0 Å². The van der Waals surface area contributed by atoms with Crippen LogP contribution >= 0.6 is 0 Å². The highest BCUT2D eigenvalue weighted by atomic mass is 16.5. The lowest BCUT2D eigenvalue weighted by molar-refractivity contribution is -0.130. The topological polar surface area (TPSA) is 64.1 Å². The van der Waals surface area contributed by atoms with Gasteiger partial charge in [0, 0.05) is 37.3 Å². The van der Waals surface area contributed by atoms with Crippen LogP contribution in [0.3, 0.4) is 0 Å². The highest BCUT2D eigenvalue weighted by Crippen LogP contribution is 2.15. The van der Waals surface area contributed by atoms with Gasteiger partial charge in [-0.3, -0.25) is 14.8 Å². The maximum absolute atomic E-state index is 11.8. The monoisotopic (exact) mass is 283 g/mol. The lowest BCUT2D eigenvalue weighted by Gasteiger charge is -2.10. The molecule has 1 unspecified atom stereocenters. The van der Waals surface area contributed by atoms with Crippen molar-refractivity contribution in [2.45, 2.75) is 25.5 Å². The Bertz CT molecular complexity index is 593. The Morgan fingerprint density at radius 1 is 1.33 bits per heavy atom. The fraction of sp³-hybridized carbons (Fsp3) is 0.312. The summed E-state index contributed by atoms with van der Waals surface area (Å²) in [5.41, 5.74) is 2.82. The molecule has 1 N–H and O–H groups in total. The van der Waals surface area contributed by atoms with E-state index in [2.05, 4.69) is 15.3 Å². The maximum atomic E-state index is 11.8. The Balaban J connectivity index is 1.58. The average Bonchev–Trinajstić information content (AvgIpc) is 3.08. The molecule has 2 aromatic rings. The van der Waals surface area contributed by atoms with Crippen LogP contribution in [-0.2, 0) is 16.1 Å². The molecule has 5 heteroatoms. The SMILES string of the molecule is O=C(NCc1ccc(-c2cccnc2)nc1)C1CCCO1. The predicted molar refractivity (Wildman–Crippen MR) is 78.3 cm³/mol. The van der Waals surface area contributed by atoms with E-state index in [1.165, 1.54) is 0 Å². The Hall–Kier alpha value is -2.27. The summed E-state index contributed by atoms with van der Waals surface area (Å²) in [6.45, 7) is 1.15. The molecule has 1 fully saturated rings. The highest BCUT2D eigenvalue weighted by Gasteiger charge is 2.22. The Morgan fingerprint density at radius 2 is 2.29 bits per heavy atom. The third kappa shape index (κ3) is 3.44. The van der Waals surface area contributed by atoms with E-state index >= 15 is 0 Å². The molecule has 0 aliphatic carbocycles. The molecule has 0 saturated carbocycles. The third-order valence-corrected chi connectivity index (χ3v) is 3.47. The van der Waals surface area contributed by atoms with Gasteiger partial charge in [-0.25, -0.2) is 0 Å². The second-order valence-corrected chi connectivity index (χ2v) is 5.01. The van der Waals surface area contributed by atoms with Gasteiger partial charge >= 0.3 is 0 Å². The Morgan fingerprint density at radius 3 is 2.95 bits per heavy atom. The number of nitrogens with one attached hydrogen (secondary N) is 1. The quantitative estimate of drug-likeness (QED) is 0.931. The molecule has 3 heterocycles. The van der Waals surface area contributed by atoms with Gasteiger partial charge in [0.05, 0.1) is 5.69 Å². The van der Waals surface area contributed by atoms with Gasteiger partial charge in [0.2, 0.25) is 5.91 Å². The van der Waals surface area contributed by atoms with Crippen LogP contribution in [-0.4, -0.2) is 28.6 Å². The van der Waals surface area contributed by atoms with Crippen LogP contribution in [0, 0.1) is 0 Å². The summed E-state index contributed by atoms with van der Waals surface area (Å²) in [6.07, 6.45) is 6.77. The highest BCUT2D eigenvalue weighted by molar-refractivity contribution is 5.80. The first-order valence-corrected chi connectivity index (χ1v) is 7.07. The van der Waals surface area contributed by atoms with E-state index in [9.17, 15) is 4.79 Å². The van der Waals surface area contributed by atoms with Gasteiger partial charge < -0.3 is 10.1 Å². The molecule has 5 nitrogen and oxygen atoms in total. The van der Waals surface area contributed by atoms with Gasteiger partial charge in [0.15, 0.2) is 0 Å².